The minimum absolute atomic E-state index is 0.0783. The Kier molecular flexibility index (Phi) is 3.99. The summed E-state index contributed by atoms with van der Waals surface area (Å²) in [7, 11) is -3.08. The Bertz CT molecular complexity index is 760. The Morgan fingerprint density at radius 2 is 1.14 bits per heavy atom. The summed E-state index contributed by atoms with van der Waals surface area (Å²) < 4.78 is 13.7. The molecule has 0 saturated carbocycles. The highest BCUT2D eigenvalue weighted by Crippen LogP contribution is 2.45. The molecular weight excluding hydrogens is 293 g/mol. The molecule has 0 aromatic heterocycles. The first-order chi connectivity index (χ1) is 10.7. The zero-order valence-electron chi connectivity index (χ0n) is 11.9. The molecule has 3 rings (SSSR count). The van der Waals surface area contributed by atoms with Crippen LogP contribution in [0.15, 0.2) is 84.9 Å². The van der Waals surface area contributed by atoms with Crippen molar-refractivity contribution in [3.05, 3.63) is 84.9 Å². The third-order valence-electron chi connectivity index (χ3n) is 3.42. The molecule has 0 radical (unpaired) electrons. The Balaban J connectivity index is 2.13. The van der Waals surface area contributed by atoms with Gasteiger partial charge in [-0.2, -0.15) is 0 Å². The fourth-order valence-corrected chi connectivity index (χ4v) is 4.56. The van der Waals surface area contributed by atoms with E-state index in [0.717, 1.165) is 0 Å². The molecular formula is C18H16NO2P. The zero-order chi connectivity index (χ0) is 15.4. The van der Waals surface area contributed by atoms with E-state index in [4.69, 9.17) is 0 Å². The fourth-order valence-electron chi connectivity index (χ4n) is 2.29. The van der Waals surface area contributed by atoms with E-state index < -0.39 is 7.29 Å². The average Bonchev–Trinajstić information content (AvgIpc) is 2.58. The van der Waals surface area contributed by atoms with Crippen molar-refractivity contribution in [3.63, 3.8) is 0 Å². The summed E-state index contributed by atoms with van der Waals surface area (Å²) in [5.41, 5.74) is 0.457. The van der Waals surface area contributed by atoms with Gasteiger partial charge < -0.3 is 10.2 Å². The van der Waals surface area contributed by atoms with Gasteiger partial charge in [0, 0.05) is 10.6 Å². The summed E-state index contributed by atoms with van der Waals surface area (Å²) in [6, 6.07) is 25.4. The van der Waals surface area contributed by atoms with Gasteiger partial charge in [0.1, 0.15) is 5.75 Å². The summed E-state index contributed by atoms with van der Waals surface area (Å²) in [4.78, 5) is 0. The van der Waals surface area contributed by atoms with Crippen LogP contribution in [0.4, 0.5) is 5.69 Å². The molecule has 0 aliphatic heterocycles. The Morgan fingerprint density at radius 1 is 0.682 bits per heavy atom. The maximum Gasteiger partial charge on any atom is 0.227 e. The molecule has 0 bridgehead atoms. The summed E-state index contributed by atoms with van der Waals surface area (Å²) in [6.45, 7) is 0. The van der Waals surface area contributed by atoms with Crippen LogP contribution in [0, 0.1) is 0 Å². The van der Waals surface area contributed by atoms with E-state index in [9.17, 15) is 9.67 Å². The minimum atomic E-state index is -3.08. The standard InChI is InChI=1S/C18H16NO2P/c20-18-14-8-7-13-17(18)19-22(21,15-9-3-1-4-10-15)16-11-5-2-6-12-16/h1-14,20H,(H,19,21). The molecule has 3 aromatic carbocycles. The van der Waals surface area contributed by atoms with Crippen molar-refractivity contribution in [2.24, 2.45) is 0 Å². The van der Waals surface area contributed by atoms with Crippen LogP contribution < -0.4 is 15.7 Å². The predicted octanol–water partition coefficient (Wildman–Crippen LogP) is 3.73. The van der Waals surface area contributed by atoms with Crippen LogP contribution in [0.2, 0.25) is 0 Å². The zero-order valence-corrected chi connectivity index (χ0v) is 12.8. The lowest BCUT2D eigenvalue weighted by Gasteiger charge is -2.22. The normalized spacial score (nSPS) is 11.1. The van der Waals surface area contributed by atoms with Gasteiger partial charge in [0.25, 0.3) is 0 Å². The van der Waals surface area contributed by atoms with Gasteiger partial charge in [-0.25, -0.2) is 0 Å². The summed E-state index contributed by atoms with van der Waals surface area (Å²) >= 11 is 0. The number of phenolic OH excluding ortho intramolecular Hbond substituents is 1. The van der Waals surface area contributed by atoms with Gasteiger partial charge in [0.15, 0.2) is 0 Å². The average molecular weight is 309 g/mol. The second kappa shape index (κ2) is 6.08. The van der Waals surface area contributed by atoms with Crippen LogP contribution in [0.1, 0.15) is 0 Å². The quantitative estimate of drug-likeness (QED) is 0.570. The highest BCUT2D eigenvalue weighted by atomic mass is 31.2. The number of hydrogen-bond donors (Lipinski definition) is 2. The largest absolute Gasteiger partial charge is 0.506 e. The molecule has 22 heavy (non-hydrogen) atoms. The lowest BCUT2D eigenvalue weighted by molar-refractivity contribution is 0.478. The van der Waals surface area contributed by atoms with Crippen molar-refractivity contribution >= 4 is 23.6 Å². The topological polar surface area (TPSA) is 49.3 Å². The maximum absolute atomic E-state index is 13.7. The SMILES string of the molecule is O=P(Nc1ccccc1O)(c1ccccc1)c1ccccc1. The monoisotopic (exact) mass is 309 g/mol. The molecule has 0 unspecified atom stereocenters. The van der Waals surface area contributed by atoms with Crippen molar-refractivity contribution in [3.8, 4) is 5.75 Å². The number of anilines is 1. The molecule has 2 N–H and O–H groups in total. The number of para-hydroxylation sites is 2. The molecule has 0 aliphatic rings. The molecule has 0 saturated heterocycles. The van der Waals surface area contributed by atoms with E-state index in [1.54, 1.807) is 24.3 Å². The number of phenols is 1. The smallest absolute Gasteiger partial charge is 0.227 e. The van der Waals surface area contributed by atoms with Gasteiger partial charge in [-0.1, -0.05) is 48.5 Å². The van der Waals surface area contributed by atoms with Crippen molar-refractivity contribution in [2.75, 3.05) is 5.09 Å². The number of aromatic hydroxyl groups is 1. The molecule has 3 aromatic rings. The van der Waals surface area contributed by atoms with E-state index in [2.05, 4.69) is 5.09 Å². The molecule has 0 aliphatic carbocycles. The van der Waals surface area contributed by atoms with Crippen molar-refractivity contribution < 1.29 is 9.67 Å². The van der Waals surface area contributed by atoms with Gasteiger partial charge in [-0.3, -0.25) is 4.57 Å². The second-order valence-corrected chi connectivity index (χ2v) is 7.38. The van der Waals surface area contributed by atoms with Crippen LogP contribution in [0.5, 0.6) is 5.75 Å². The van der Waals surface area contributed by atoms with Crippen LogP contribution in [-0.4, -0.2) is 5.11 Å². The van der Waals surface area contributed by atoms with Crippen LogP contribution in [-0.2, 0) is 4.57 Å². The molecule has 3 nitrogen and oxygen atoms in total. The number of nitrogens with one attached hydrogen (secondary N) is 1. The van der Waals surface area contributed by atoms with E-state index in [0.29, 0.717) is 16.3 Å². The van der Waals surface area contributed by atoms with Gasteiger partial charge in [0.05, 0.1) is 5.69 Å². The minimum Gasteiger partial charge on any atom is -0.506 e. The summed E-state index contributed by atoms with van der Waals surface area (Å²) in [5.74, 6) is 0.0783. The van der Waals surface area contributed by atoms with Gasteiger partial charge >= 0.3 is 0 Å². The van der Waals surface area contributed by atoms with Gasteiger partial charge in [-0.15, -0.1) is 0 Å². The molecule has 0 heterocycles. The van der Waals surface area contributed by atoms with Crippen LogP contribution in [0.3, 0.4) is 0 Å². The number of rotatable bonds is 4. The van der Waals surface area contributed by atoms with Crippen LogP contribution >= 0.6 is 7.29 Å². The summed E-state index contributed by atoms with van der Waals surface area (Å²) in [6.07, 6.45) is 0. The molecule has 110 valence electrons. The Morgan fingerprint density at radius 3 is 1.64 bits per heavy atom. The molecule has 0 amide bonds. The number of benzene rings is 3. The van der Waals surface area contributed by atoms with Gasteiger partial charge in [0.2, 0.25) is 7.29 Å². The fraction of sp³-hybridized carbons (Fsp3) is 0. The second-order valence-electron chi connectivity index (χ2n) is 4.91. The van der Waals surface area contributed by atoms with Crippen molar-refractivity contribution in [1.82, 2.24) is 0 Å². The molecule has 0 atom stereocenters. The predicted molar refractivity (Wildman–Crippen MR) is 91.5 cm³/mol. The van der Waals surface area contributed by atoms with Crippen LogP contribution in [0.25, 0.3) is 0 Å². The molecule has 0 spiro atoms. The van der Waals surface area contributed by atoms with Crippen molar-refractivity contribution in [2.45, 2.75) is 0 Å². The third kappa shape index (κ3) is 2.76. The Hall–Kier alpha value is -2.51. The number of hydrogen-bond acceptors (Lipinski definition) is 2. The van der Waals surface area contributed by atoms with Gasteiger partial charge in [-0.05, 0) is 36.4 Å². The third-order valence-corrected chi connectivity index (χ3v) is 6.03. The van der Waals surface area contributed by atoms with Crippen molar-refractivity contribution in [1.29, 1.82) is 0 Å². The lowest BCUT2D eigenvalue weighted by atomic mass is 10.3. The lowest BCUT2D eigenvalue weighted by Crippen LogP contribution is -2.21. The van der Waals surface area contributed by atoms with E-state index >= 15 is 0 Å². The highest BCUT2D eigenvalue weighted by Gasteiger charge is 2.27. The first kappa shape index (κ1) is 14.4. The first-order valence-corrected chi connectivity index (χ1v) is 8.68. The van der Waals surface area contributed by atoms with E-state index in [1.807, 2.05) is 60.7 Å². The Labute approximate surface area is 129 Å². The molecule has 0 fully saturated rings. The first-order valence-electron chi connectivity index (χ1n) is 6.98. The van der Waals surface area contributed by atoms with E-state index in [-0.39, 0.29) is 5.75 Å². The maximum atomic E-state index is 13.7. The van der Waals surface area contributed by atoms with E-state index in [1.165, 1.54) is 0 Å². The highest BCUT2D eigenvalue weighted by molar-refractivity contribution is 7.80. The molecule has 4 heteroatoms. The summed E-state index contributed by atoms with van der Waals surface area (Å²) in [5, 5.41) is 14.4.